The van der Waals surface area contributed by atoms with Crippen LogP contribution in [0, 0.1) is 0 Å². The van der Waals surface area contributed by atoms with E-state index in [2.05, 4.69) is 0 Å². The van der Waals surface area contributed by atoms with Gasteiger partial charge in [-0.1, -0.05) is 0 Å². The first-order valence-corrected chi connectivity index (χ1v) is 7.98. The Bertz CT molecular complexity index is 727. The summed E-state index contributed by atoms with van der Waals surface area (Å²) in [6.07, 6.45) is -4.29. The Morgan fingerprint density at radius 3 is 1.46 bits per heavy atom. The molecule has 11 heteroatoms. The second-order valence-corrected chi connectivity index (χ2v) is 5.68. The van der Waals surface area contributed by atoms with Gasteiger partial charge in [0.05, 0.1) is 0 Å². The topological polar surface area (TPSA) is 177 Å². The zero-order valence-electron chi connectivity index (χ0n) is 15.2. The SMILES string of the molecule is CC(Oc1cc(C(=O)CO)cc(OC(C)C(=O)O)c1OC(C)C(=O)O)C(=O)O. The molecule has 0 bridgehead atoms. The van der Waals surface area contributed by atoms with Gasteiger partial charge in [0.2, 0.25) is 5.75 Å². The molecular formula is C17H20O11. The van der Waals surface area contributed by atoms with Gasteiger partial charge < -0.3 is 34.6 Å². The van der Waals surface area contributed by atoms with Gasteiger partial charge in [0.15, 0.2) is 35.6 Å². The second kappa shape index (κ2) is 9.55. The molecule has 1 rings (SSSR count). The molecule has 0 heterocycles. The lowest BCUT2D eigenvalue weighted by Crippen LogP contribution is -2.27. The summed E-state index contributed by atoms with van der Waals surface area (Å²) in [6.45, 7) is 2.62. The average molecular weight is 400 g/mol. The van der Waals surface area contributed by atoms with Crippen LogP contribution < -0.4 is 14.2 Å². The van der Waals surface area contributed by atoms with E-state index in [0.717, 1.165) is 12.1 Å². The summed E-state index contributed by atoms with van der Waals surface area (Å²) in [4.78, 5) is 45.2. The summed E-state index contributed by atoms with van der Waals surface area (Å²) in [6, 6.07) is 2.08. The lowest BCUT2D eigenvalue weighted by atomic mass is 10.1. The number of hydrogen-bond acceptors (Lipinski definition) is 8. The number of benzene rings is 1. The van der Waals surface area contributed by atoms with Crippen molar-refractivity contribution in [3.8, 4) is 17.2 Å². The number of Topliss-reactive ketones (excluding diaryl/α,β-unsaturated/α-hetero) is 1. The van der Waals surface area contributed by atoms with E-state index >= 15 is 0 Å². The Labute approximate surface area is 159 Å². The maximum absolute atomic E-state index is 11.9. The highest BCUT2D eigenvalue weighted by atomic mass is 16.6. The normalized spacial score (nSPS) is 13.7. The Morgan fingerprint density at radius 2 is 1.14 bits per heavy atom. The van der Waals surface area contributed by atoms with Crippen molar-refractivity contribution < 1.29 is 53.8 Å². The fraction of sp³-hybridized carbons (Fsp3) is 0.412. The molecule has 0 aliphatic heterocycles. The number of rotatable bonds is 11. The number of carbonyl (C=O) groups is 4. The molecule has 4 N–H and O–H groups in total. The van der Waals surface area contributed by atoms with Gasteiger partial charge in [0.1, 0.15) is 6.61 Å². The molecule has 0 aromatic heterocycles. The van der Waals surface area contributed by atoms with E-state index in [0.29, 0.717) is 0 Å². The summed E-state index contributed by atoms with van der Waals surface area (Å²) in [7, 11) is 0. The number of hydrogen-bond donors (Lipinski definition) is 4. The summed E-state index contributed by atoms with van der Waals surface area (Å²) >= 11 is 0. The minimum atomic E-state index is -1.44. The molecular weight excluding hydrogens is 380 g/mol. The first-order chi connectivity index (χ1) is 13.0. The van der Waals surface area contributed by atoms with E-state index in [1.165, 1.54) is 20.8 Å². The molecule has 0 aliphatic carbocycles. The number of carboxylic acid groups (broad SMARTS) is 3. The molecule has 0 spiro atoms. The van der Waals surface area contributed by atoms with Gasteiger partial charge in [-0.3, -0.25) is 4.79 Å². The largest absolute Gasteiger partial charge is 0.479 e. The number of aliphatic carboxylic acids is 3. The first kappa shape index (κ1) is 22.7. The third-order valence-corrected chi connectivity index (χ3v) is 3.43. The highest BCUT2D eigenvalue weighted by Crippen LogP contribution is 2.41. The molecule has 0 amide bonds. The zero-order chi connectivity index (χ0) is 21.6. The summed E-state index contributed by atoms with van der Waals surface area (Å²) in [5.41, 5.74) is -0.182. The second-order valence-electron chi connectivity index (χ2n) is 5.68. The minimum Gasteiger partial charge on any atom is -0.479 e. The molecule has 11 nitrogen and oxygen atoms in total. The van der Waals surface area contributed by atoms with Crippen molar-refractivity contribution in [2.75, 3.05) is 6.61 Å². The third-order valence-electron chi connectivity index (χ3n) is 3.43. The number of aliphatic hydroxyl groups is 1. The van der Waals surface area contributed by atoms with Crippen LogP contribution in [0.15, 0.2) is 12.1 Å². The minimum absolute atomic E-state index is 0.182. The molecule has 0 aliphatic rings. The molecule has 0 saturated carbocycles. The molecule has 28 heavy (non-hydrogen) atoms. The number of ether oxygens (including phenoxy) is 3. The van der Waals surface area contributed by atoms with E-state index in [4.69, 9.17) is 34.6 Å². The van der Waals surface area contributed by atoms with Crippen LogP contribution >= 0.6 is 0 Å². The van der Waals surface area contributed by atoms with Crippen LogP contribution in [0.5, 0.6) is 17.2 Å². The van der Waals surface area contributed by atoms with Gasteiger partial charge in [-0.05, 0) is 32.9 Å². The van der Waals surface area contributed by atoms with Gasteiger partial charge in [-0.25, -0.2) is 14.4 Å². The number of ketones is 1. The van der Waals surface area contributed by atoms with Crippen LogP contribution in [0.4, 0.5) is 0 Å². The van der Waals surface area contributed by atoms with Gasteiger partial charge in [-0.15, -0.1) is 0 Å². The lowest BCUT2D eigenvalue weighted by Gasteiger charge is -2.22. The van der Waals surface area contributed by atoms with E-state index in [-0.39, 0.29) is 17.1 Å². The van der Waals surface area contributed by atoms with Crippen molar-refractivity contribution >= 4 is 23.7 Å². The van der Waals surface area contributed by atoms with Crippen LogP contribution in [0.3, 0.4) is 0 Å². The molecule has 1 aromatic rings. The van der Waals surface area contributed by atoms with E-state index in [1.807, 2.05) is 0 Å². The zero-order valence-corrected chi connectivity index (χ0v) is 15.2. The quantitative estimate of drug-likeness (QED) is 0.378. The van der Waals surface area contributed by atoms with Crippen molar-refractivity contribution in [1.82, 2.24) is 0 Å². The lowest BCUT2D eigenvalue weighted by molar-refractivity contribution is -0.146. The van der Waals surface area contributed by atoms with E-state index in [1.54, 1.807) is 0 Å². The molecule has 0 saturated heterocycles. The number of carbonyl (C=O) groups excluding carboxylic acids is 1. The Hall–Kier alpha value is -3.34. The fourth-order valence-corrected chi connectivity index (χ4v) is 1.83. The van der Waals surface area contributed by atoms with Crippen LogP contribution in [0.1, 0.15) is 31.1 Å². The van der Waals surface area contributed by atoms with Crippen LogP contribution in [-0.2, 0) is 14.4 Å². The van der Waals surface area contributed by atoms with Crippen LogP contribution in [0.25, 0.3) is 0 Å². The molecule has 154 valence electrons. The Kier molecular flexibility index (Phi) is 7.75. The van der Waals surface area contributed by atoms with Gasteiger partial charge >= 0.3 is 17.9 Å². The molecule has 1 aromatic carbocycles. The monoisotopic (exact) mass is 400 g/mol. The molecule has 3 atom stereocenters. The maximum atomic E-state index is 11.9. The van der Waals surface area contributed by atoms with Gasteiger partial charge in [-0.2, -0.15) is 0 Å². The summed E-state index contributed by atoms with van der Waals surface area (Å²) in [5, 5.41) is 36.2. The number of aliphatic hydroxyl groups excluding tert-OH is 1. The standard InChI is InChI=1S/C17H20O11/c1-7(15(20)21)26-12-4-10(11(19)6-18)5-13(27-8(2)16(22)23)14(12)28-9(3)17(24)25/h4-5,7-9,18H,6H2,1-3H3,(H,20,21)(H,22,23)(H,24,25). The summed E-state index contributed by atoms with van der Waals surface area (Å²) in [5.74, 6) is -6.02. The van der Waals surface area contributed by atoms with Gasteiger partial charge in [0, 0.05) is 5.56 Å². The van der Waals surface area contributed by atoms with E-state index in [9.17, 15) is 19.2 Å². The Morgan fingerprint density at radius 1 is 0.786 bits per heavy atom. The highest BCUT2D eigenvalue weighted by Gasteiger charge is 2.27. The highest BCUT2D eigenvalue weighted by molar-refractivity contribution is 5.98. The van der Waals surface area contributed by atoms with Crippen LogP contribution in [-0.4, -0.2) is 69.0 Å². The van der Waals surface area contributed by atoms with Crippen molar-refractivity contribution in [1.29, 1.82) is 0 Å². The van der Waals surface area contributed by atoms with Crippen molar-refractivity contribution in [2.45, 2.75) is 39.1 Å². The predicted octanol–water partition coefficient (Wildman–Crippen LogP) is 0.417. The van der Waals surface area contributed by atoms with Crippen molar-refractivity contribution in [3.63, 3.8) is 0 Å². The maximum Gasteiger partial charge on any atom is 0.344 e. The number of carboxylic acids is 3. The van der Waals surface area contributed by atoms with Gasteiger partial charge in [0.25, 0.3) is 0 Å². The van der Waals surface area contributed by atoms with Crippen molar-refractivity contribution in [2.24, 2.45) is 0 Å². The predicted molar refractivity (Wildman–Crippen MR) is 91.0 cm³/mol. The van der Waals surface area contributed by atoms with Crippen LogP contribution in [0.2, 0.25) is 0 Å². The Balaban J connectivity index is 3.59. The molecule has 3 unspecified atom stereocenters. The smallest absolute Gasteiger partial charge is 0.344 e. The summed E-state index contributed by atoms with van der Waals surface area (Å²) < 4.78 is 15.7. The first-order valence-electron chi connectivity index (χ1n) is 7.98. The molecule has 0 fully saturated rings. The average Bonchev–Trinajstić information content (AvgIpc) is 2.62. The molecule has 0 radical (unpaired) electrons. The van der Waals surface area contributed by atoms with Crippen molar-refractivity contribution in [3.05, 3.63) is 17.7 Å². The van der Waals surface area contributed by atoms with E-state index < -0.39 is 54.4 Å². The third kappa shape index (κ3) is 5.84. The fourth-order valence-electron chi connectivity index (χ4n) is 1.83.